The Morgan fingerprint density at radius 3 is 2.23 bits per heavy atom. The van der Waals surface area contributed by atoms with E-state index in [1.165, 1.54) is 58.1 Å². The zero-order valence-electron chi connectivity index (χ0n) is 35.2. The molecule has 57 heavy (non-hydrogen) atoms. The summed E-state index contributed by atoms with van der Waals surface area (Å²) in [6, 6.07) is 8.49. The molecule has 7 bridgehead atoms. The third-order valence-electron chi connectivity index (χ3n) is 15.7. The molecule has 2 N–H and O–H groups in total. The lowest BCUT2D eigenvalue weighted by Crippen LogP contribution is -2.81. The van der Waals surface area contributed by atoms with E-state index in [-0.39, 0.29) is 29.9 Å². The molecule has 1 aromatic carbocycles. The molecule has 318 valence electrons. The highest BCUT2D eigenvalue weighted by Crippen LogP contribution is 2.80. The number of hydrogen-bond donors (Lipinski definition) is 2. The zero-order valence-corrected chi connectivity index (χ0v) is 35.2. The Morgan fingerprint density at radius 2 is 1.60 bits per heavy atom. The minimum Gasteiger partial charge on any atom is -0.455 e. The fourth-order valence-corrected chi connectivity index (χ4v) is 14.1. The van der Waals surface area contributed by atoms with Crippen LogP contribution < -0.4 is 0 Å². The maximum Gasteiger partial charge on any atom is 0.338 e. The van der Waals surface area contributed by atoms with Gasteiger partial charge in [0.25, 0.3) is 0 Å². The maximum absolute atomic E-state index is 14.4. The molecular formula is C46H69NO10. The number of aliphatic hydroxyl groups is 2. The van der Waals surface area contributed by atoms with Gasteiger partial charge >= 0.3 is 11.9 Å². The summed E-state index contributed by atoms with van der Waals surface area (Å²) in [6.07, 6.45) is 12.2. The van der Waals surface area contributed by atoms with E-state index in [0.29, 0.717) is 18.7 Å². The van der Waals surface area contributed by atoms with Crippen molar-refractivity contribution in [1.29, 1.82) is 0 Å². The first-order chi connectivity index (χ1) is 27.6. The third-order valence-corrected chi connectivity index (χ3v) is 15.7. The zero-order chi connectivity index (χ0) is 40.6. The van der Waals surface area contributed by atoms with Crippen LogP contribution in [0.15, 0.2) is 42.5 Å². The molecule has 1 unspecified atom stereocenters. The van der Waals surface area contributed by atoms with Gasteiger partial charge in [-0.1, -0.05) is 89.5 Å². The van der Waals surface area contributed by atoms with Crippen LogP contribution in [-0.4, -0.2) is 123 Å². The maximum atomic E-state index is 14.4. The van der Waals surface area contributed by atoms with Gasteiger partial charge in [0.2, 0.25) is 0 Å². The van der Waals surface area contributed by atoms with Crippen molar-refractivity contribution in [3.05, 3.63) is 48.0 Å². The Hall–Kier alpha value is -2.38. The van der Waals surface area contributed by atoms with Gasteiger partial charge in [-0.2, -0.15) is 0 Å². The highest BCUT2D eigenvalue weighted by Gasteiger charge is 2.91. The number of fused-ring (bicyclic) bond motifs is 2. The van der Waals surface area contributed by atoms with Crippen LogP contribution in [0, 0.1) is 34.5 Å². The minimum atomic E-state index is -1.79. The molecule has 0 amide bonds. The van der Waals surface area contributed by atoms with E-state index in [4.69, 9.17) is 28.4 Å². The Balaban J connectivity index is 1.30. The first kappa shape index (κ1) is 42.7. The van der Waals surface area contributed by atoms with Crippen molar-refractivity contribution < 1.29 is 48.2 Å². The van der Waals surface area contributed by atoms with Crippen LogP contribution in [0.4, 0.5) is 0 Å². The smallest absolute Gasteiger partial charge is 0.338 e. The van der Waals surface area contributed by atoms with Crippen molar-refractivity contribution >= 4 is 11.9 Å². The van der Waals surface area contributed by atoms with Crippen molar-refractivity contribution in [2.24, 2.45) is 34.5 Å². The van der Waals surface area contributed by atoms with E-state index in [0.717, 1.165) is 38.6 Å². The molecule has 1 aliphatic heterocycles. The Bertz CT molecular complexity index is 1570. The lowest BCUT2D eigenvalue weighted by atomic mass is 9.43. The number of nitrogens with zero attached hydrogens (tertiary/aromatic N) is 1. The Labute approximate surface area is 340 Å². The summed E-state index contributed by atoms with van der Waals surface area (Å²) in [4.78, 5) is 30.9. The molecule has 7 rings (SSSR count). The molecule has 6 aliphatic rings. The van der Waals surface area contributed by atoms with E-state index in [2.05, 4.69) is 18.7 Å². The normalized spacial score (nSPS) is 41.4. The Kier molecular flexibility index (Phi) is 13.0. The number of esters is 2. The predicted molar refractivity (Wildman–Crippen MR) is 214 cm³/mol. The van der Waals surface area contributed by atoms with Crippen molar-refractivity contribution in [3.63, 3.8) is 0 Å². The lowest BCUT2D eigenvalue weighted by molar-refractivity contribution is -0.316. The number of aliphatic hydroxyl groups excluding tert-OH is 1. The molecule has 1 heterocycles. The molecule has 1 saturated heterocycles. The second kappa shape index (κ2) is 17.3. The van der Waals surface area contributed by atoms with Crippen LogP contribution in [0.5, 0.6) is 0 Å². The number of methoxy groups -OCH3 is 4. The van der Waals surface area contributed by atoms with Gasteiger partial charge in [0.05, 0.1) is 24.4 Å². The number of allylic oxidation sites excluding steroid dienone is 1. The third kappa shape index (κ3) is 6.56. The van der Waals surface area contributed by atoms with Crippen LogP contribution in [0.25, 0.3) is 0 Å². The van der Waals surface area contributed by atoms with Crippen molar-refractivity contribution in [1.82, 2.24) is 4.90 Å². The van der Waals surface area contributed by atoms with Gasteiger partial charge in [0, 0.05) is 75.7 Å². The minimum absolute atomic E-state index is 0.124. The highest BCUT2D eigenvalue weighted by molar-refractivity contribution is 5.89. The summed E-state index contributed by atoms with van der Waals surface area (Å²) >= 11 is 0. The van der Waals surface area contributed by atoms with E-state index < -0.39 is 70.7 Å². The number of benzene rings is 1. The van der Waals surface area contributed by atoms with Gasteiger partial charge in [0.1, 0.15) is 23.9 Å². The molecule has 11 nitrogen and oxygen atoms in total. The van der Waals surface area contributed by atoms with Gasteiger partial charge in [-0.3, -0.25) is 4.90 Å². The molecular weight excluding hydrogens is 727 g/mol. The molecule has 6 fully saturated rings. The first-order valence-corrected chi connectivity index (χ1v) is 22.0. The SMILES string of the molecule is CCCCCCCCCCC/C=C/C(=O)O[C@]12[C@H]3[C@@H](OC(=O)c4ccccc4)[C@](O)(C[C@H]3[C@@]34C5[C@@H]1[C@H](OC)[C@@H]3[C@@](COC)(CC[C@@H]4OC)CN5CC)[C@@H](OC)[C@@H]2O. The summed E-state index contributed by atoms with van der Waals surface area (Å²) in [5, 5.41) is 26.0. The van der Waals surface area contributed by atoms with Crippen LogP contribution >= 0.6 is 0 Å². The fraction of sp³-hybridized carbons (Fsp3) is 0.783. The van der Waals surface area contributed by atoms with Crippen molar-refractivity contribution in [3.8, 4) is 0 Å². The predicted octanol–water partition coefficient (Wildman–Crippen LogP) is 6.13. The second-order valence-electron chi connectivity index (χ2n) is 18.2. The van der Waals surface area contributed by atoms with E-state index in [1.807, 2.05) is 12.1 Å². The topological polar surface area (TPSA) is 133 Å². The number of carbonyl (C=O) groups excluding carboxylic acids is 2. The van der Waals surface area contributed by atoms with Crippen molar-refractivity contribution in [2.75, 3.05) is 48.1 Å². The highest BCUT2D eigenvalue weighted by atomic mass is 16.6. The number of likely N-dealkylation sites (tertiary alicyclic amines) is 1. The number of hydrogen-bond acceptors (Lipinski definition) is 11. The molecule has 0 radical (unpaired) electrons. The first-order valence-electron chi connectivity index (χ1n) is 22.0. The average Bonchev–Trinajstić information content (AvgIpc) is 3.59. The number of rotatable bonds is 20. The van der Waals surface area contributed by atoms with Crippen LogP contribution in [0.1, 0.15) is 108 Å². The summed E-state index contributed by atoms with van der Waals surface area (Å²) in [5.41, 5.74) is -4.07. The van der Waals surface area contributed by atoms with Gasteiger partial charge in [0.15, 0.2) is 5.60 Å². The summed E-state index contributed by atoms with van der Waals surface area (Å²) in [7, 11) is 6.68. The van der Waals surface area contributed by atoms with Gasteiger partial charge < -0.3 is 38.6 Å². The van der Waals surface area contributed by atoms with Gasteiger partial charge in [-0.05, 0) is 56.7 Å². The van der Waals surface area contributed by atoms with Crippen LogP contribution in [-0.2, 0) is 33.2 Å². The van der Waals surface area contributed by atoms with Crippen molar-refractivity contribution in [2.45, 2.75) is 145 Å². The molecule has 11 heteroatoms. The summed E-state index contributed by atoms with van der Waals surface area (Å²) in [6.45, 7) is 6.34. The number of carbonyl (C=O) groups is 2. The van der Waals surface area contributed by atoms with E-state index in [9.17, 15) is 19.8 Å². The quantitative estimate of drug-likeness (QED) is 0.0897. The van der Waals surface area contributed by atoms with Crippen LogP contribution in [0.2, 0.25) is 0 Å². The summed E-state index contributed by atoms with van der Waals surface area (Å²) in [5.74, 6) is -3.07. The monoisotopic (exact) mass is 795 g/mol. The standard InChI is InChI=1S/C46H69NO10/c1-7-9-10-11-12-13-14-15-16-17-21-24-33(48)57-46-34-31(27-44(51,41(55-6)39(46)49)40(34)56-42(50)30-22-19-18-20-23-30)45-32(53-4)25-26-43(29-52-3)28-47(8-2)38(45)35(46)36(54-5)37(43)45/h18-24,31-32,34-41,49,51H,7-17,25-29H2,1-6H3/b24-21+/t31-,32+,34-,35+,36+,37-,38?,39+,40-,41+,43+,44-,45+,46-/m1/s1. The second-order valence-corrected chi connectivity index (χ2v) is 18.2. The Morgan fingerprint density at radius 1 is 0.895 bits per heavy atom. The number of ether oxygens (including phenoxy) is 6. The van der Waals surface area contributed by atoms with Gasteiger partial charge in [-0.15, -0.1) is 0 Å². The van der Waals surface area contributed by atoms with E-state index >= 15 is 0 Å². The molecule has 1 aromatic rings. The fourth-order valence-electron chi connectivity index (χ4n) is 14.1. The molecule has 0 aromatic heterocycles. The molecule has 5 aliphatic carbocycles. The number of unbranched alkanes of at least 4 members (excludes halogenated alkanes) is 9. The summed E-state index contributed by atoms with van der Waals surface area (Å²) < 4.78 is 38.8. The lowest BCUT2D eigenvalue weighted by Gasteiger charge is -2.69. The van der Waals surface area contributed by atoms with E-state index in [1.54, 1.807) is 45.6 Å². The number of piperidine rings is 1. The van der Waals surface area contributed by atoms with Gasteiger partial charge in [-0.25, -0.2) is 9.59 Å². The molecule has 14 atom stereocenters. The average molecular weight is 796 g/mol. The van der Waals surface area contributed by atoms with Crippen LogP contribution in [0.3, 0.4) is 0 Å². The largest absolute Gasteiger partial charge is 0.455 e. The molecule has 5 saturated carbocycles. The molecule has 1 spiro atoms.